The minimum atomic E-state index is -1.05. The Morgan fingerprint density at radius 3 is 1.30 bits per heavy atom. The van der Waals surface area contributed by atoms with Crippen molar-refractivity contribution in [2.45, 2.75) is 207 Å². The number of carbonyl (C=O) groups is 3. The number of allylic oxidation sites excluding steroid dienone is 1. The Bertz CT molecular complexity index is 773. The summed E-state index contributed by atoms with van der Waals surface area (Å²) in [6, 6.07) is 0. The summed E-state index contributed by atoms with van der Waals surface area (Å²) in [5.41, 5.74) is 0. The SMILES string of the molecule is CCCCCCCCCCCCCCCC(=O)OC1=C(C)OCC(OC(=O)CCCCCCCCCCCCCCC)C1=O. The van der Waals surface area contributed by atoms with E-state index in [4.69, 9.17) is 14.2 Å². The number of esters is 2. The molecule has 0 saturated heterocycles. The van der Waals surface area contributed by atoms with E-state index >= 15 is 0 Å². The molecule has 44 heavy (non-hydrogen) atoms. The molecule has 6 heteroatoms. The lowest BCUT2D eigenvalue weighted by Crippen LogP contribution is -2.38. The number of hydrogen-bond donors (Lipinski definition) is 0. The molecule has 0 radical (unpaired) electrons. The lowest BCUT2D eigenvalue weighted by molar-refractivity contribution is -0.161. The average molecular weight is 621 g/mol. The number of ketones is 1. The maximum atomic E-state index is 12.9. The Balaban J connectivity index is 2.09. The summed E-state index contributed by atoms with van der Waals surface area (Å²) in [6.07, 6.45) is 31.7. The number of hydrogen-bond acceptors (Lipinski definition) is 6. The second kappa shape index (κ2) is 28.6. The molecule has 0 bridgehead atoms. The van der Waals surface area contributed by atoms with Crippen LogP contribution in [0.15, 0.2) is 11.5 Å². The van der Waals surface area contributed by atoms with Crippen molar-refractivity contribution in [3.05, 3.63) is 11.5 Å². The highest BCUT2D eigenvalue weighted by Crippen LogP contribution is 2.22. The molecule has 1 aliphatic rings. The first-order valence-electron chi connectivity index (χ1n) is 18.8. The quantitative estimate of drug-likeness (QED) is 0.0587. The maximum absolute atomic E-state index is 12.9. The molecule has 0 saturated carbocycles. The monoisotopic (exact) mass is 621 g/mol. The zero-order valence-corrected chi connectivity index (χ0v) is 29.0. The van der Waals surface area contributed by atoms with E-state index in [1.807, 2.05) is 0 Å². The highest BCUT2D eigenvalue weighted by atomic mass is 16.6. The lowest BCUT2D eigenvalue weighted by atomic mass is 10.0. The van der Waals surface area contributed by atoms with Gasteiger partial charge in [-0.15, -0.1) is 0 Å². The van der Waals surface area contributed by atoms with Gasteiger partial charge in [-0.25, -0.2) is 0 Å². The van der Waals surface area contributed by atoms with Crippen LogP contribution in [0.2, 0.25) is 0 Å². The van der Waals surface area contributed by atoms with Crippen molar-refractivity contribution in [2.75, 3.05) is 6.61 Å². The highest BCUT2D eigenvalue weighted by Gasteiger charge is 2.35. The van der Waals surface area contributed by atoms with Gasteiger partial charge in [0.05, 0.1) is 0 Å². The third-order valence-corrected chi connectivity index (χ3v) is 8.75. The van der Waals surface area contributed by atoms with E-state index in [0.717, 1.165) is 38.5 Å². The molecule has 0 aliphatic carbocycles. The van der Waals surface area contributed by atoms with Gasteiger partial charge in [-0.3, -0.25) is 14.4 Å². The van der Waals surface area contributed by atoms with Gasteiger partial charge in [-0.1, -0.05) is 168 Å². The largest absolute Gasteiger partial charge is 0.490 e. The van der Waals surface area contributed by atoms with Gasteiger partial charge in [0.1, 0.15) is 12.4 Å². The molecular formula is C38H68O6. The van der Waals surface area contributed by atoms with Crippen LogP contribution in [0.4, 0.5) is 0 Å². The molecule has 0 aromatic carbocycles. The Kier molecular flexibility index (Phi) is 26.1. The fraction of sp³-hybridized carbons (Fsp3) is 0.868. The predicted molar refractivity (Wildman–Crippen MR) is 180 cm³/mol. The second-order valence-corrected chi connectivity index (χ2v) is 13.0. The van der Waals surface area contributed by atoms with Crippen LogP contribution in [0.3, 0.4) is 0 Å². The van der Waals surface area contributed by atoms with Gasteiger partial charge in [0.15, 0.2) is 0 Å². The molecule has 0 amide bonds. The van der Waals surface area contributed by atoms with Crippen LogP contribution in [0.25, 0.3) is 0 Å². The molecule has 0 aromatic rings. The third-order valence-electron chi connectivity index (χ3n) is 8.75. The Hall–Kier alpha value is -1.85. The van der Waals surface area contributed by atoms with E-state index in [-0.39, 0.29) is 24.5 Å². The molecule has 1 aliphatic heterocycles. The standard InChI is InChI=1S/C38H68O6/c1-4-6-8-10-12-14-16-18-20-22-24-26-28-30-35(39)43-34-32-42-33(3)38(37(34)41)44-36(40)31-29-27-25-23-21-19-17-15-13-11-9-7-5-2/h34H,4-32H2,1-3H3. The van der Waals surface area contributed by atoms with Gasteiger partial charge in [0.2, 0.25) is 17.6 Å². The summed E-state index contributed by atoms with van der Waals surface area (Å²) < 4.78 is 16.3. The molecule has 1 rings (SSSR count). The zero-order valence-electron chi connectivity index (χ0n) is 29.0. The van der Waals surface area contributed by atoms with Gasteiger partial charge in [0.25, 0.3) is 0 Å². The number of ether oxygens (including phenoxy) is 3. The molecule has 1 atom stereocenters. The van der Waals surface area contributed by atoms with Crippen LogP contribution in [0.1, 0.15) is 201 Å². The lowest BCUT2D eigenvalue weighted by Gasteiger charge is -2.24. The topological polar surface area (TPSA) is 78.9 Å². The molecule has 0 spiro atoms. The summed E-state index contributed by atoms with van der Waals surface area (Å²) in [5, 5.41) is 0. The predicted octanol–water partition coefficient (Wildman–Crippen LogP) is 11.2. The fourth-order valence-corrected chi connectivity index (χ4v) is 5.83. The minimum absolute atomic E-state index is 0.0328. The van der Waals surface area contributed by atoms with E-state index in [1.165, 1.54) is 128 Å². The summed E-state index contributed by atoms with van der Waals surface area (Å²) in [7, 11) is 0. The van der Waals surface area contributed by atoms with Crippen LogP contribution in [0.5, 0.6) is 0 Å². The van der Waals surface area contributed by atoms with E-state index in [1.54, 1.807) is 6.92 Å². The second-order valence-electron chi connectivity index (χ2n) is 13.0. The summed E-state index contributed by atoms with van der Waals surface area (Å²) in [4.78, 5) is 37.7. The Morgan fingerprint density at radius 1 is 0.568 bits per heavy atom. The highest BCUT2D eigenvalue weighted by molar-refractivity contribution is 6.00. The van der Waals surface area contributed by atoms with Crippen molar-refractivity contribution in [3.8, 4) is 0 Å². The number of rotatable bonds is 30. The fourth-order valence-electron chi connectivity index (χ4n) is 5.83. The van der Waals surface area contributed by atoms with Gasteiger partial charge < -0.3 is 14.2 Å². The number of carbonyl (C=O) groups excluding carboxylic acids is 3. The van der Waals surface area contributed by atoms with Crippen LogP contribution < -0.4 is 0 Å². The molecule has 6 nitrogen and oxygen atoms in total. The minimum Gasteiger partial charge on any atom is -0.490 e. The van der Waals surface area contributed by atoms with Crippen molar-refractivity contribution in [1.82, 2.24) is 0 Å². The summed E-state index contributed by atoms with van der Waals surface area (Å²) in [6.45, 7) is 6.09. The molecule has 1 heterocycles. The molecule has 1 unspecified atom stereocenters. The average Bonchev–Trinajstić information content (AvgIpc) is 3.01. The van der Waals surface area contributed by atoms with Crippen LogP contribution in [0, 0.1) is 0 Å². The maximum Gasteiger partial charge on any atom is 0.311 e. The summed E-state index contributed by atoms with van der Waals surface area (Å²) in [5.74, 6) is -1.15. The van der Waals surface area contributed by atoms with Crippen LogP contribution in [-0.2, 0) is 28.6 Å². The van der Waals surface area contributed by atoms with E-state index in [9.17, 15) is 14.4 Å². The van der Waals surface area contributed by atoms with Crippen LogP contribution in [-0.4, -0.2) is 30.4 Å². The van der Waals surface area contributed by atoms with E-state index < -0.39 is 23.8 Å². The third kappa shape index (κ3) is 21.8. The smallest absolute Gasteiger partial charge is 0.311 e. The number of unbranched alkanes of at least 4 members (excludes halogenated alkanes) is 24. The van der Waals surface area contributed by atoms with Gasteiger partial charge in [-0.05, 0) is 19.8 Å². The van der Waals surface area contributed by atoms with Gasteiger partial charge in [-0.2, -0.15) is 0 Å². The van der Waals surface area contributed by atoms with Gasteiger partial charge in [0, 0.05) is 12.8 Å². The Morgan fingerprint density at radius 2 is 0.909 bits per heavy atom. The van der Waals surface area contributed by atoms with Crippen molar-refractivity contribution in [2.24, 2.45) is 0 Å². The zero-order chi connectivity index (χ0) is 32.1. The first-order valence-corrected chi connectivity index (χ1v) is 18.8. The normalized spacial score (nSPS) is 15.0. The molecule has 0 N–H and O–H groups in total. The van der Waals surface area contributed by atoms with E-state index in [2.05, 4.69) is 13.8 Å². The van der Waals surface area contributed by atoms with Crippen molar-refractivity contribution in [3.63, 3.8) is 0 Å². The summed E-state index contributed by atoms with van der Waals surface area (Å²) >= 11 is 0. The van der Waals surface area contributed by atoms with Crippen molar-refractivity contribution in [1.29, 1.82) is 0 Å². The number of Topliss-reactive ketones (excluding diaryl/α,β-unsaturated/α-hetero) is 1. The molecule has 256 valence electrons. The van der Waals surface area contributed by atoms with Crippen molar-refractivity contribution < 1.29 is 28.6 Å². The first kappa shape index (κ1) is 40.2. The molecule has 0 aromatic heterocycles. The van der Waals surface area contributed by atoms with Gasteiger partial charge >= 0.3 is 11.9 Å². The van der Waals surface area contributed by atoms with E-state index in [0.29, 0.717) is 6.42 Å². The molecular weight excluding hydrogens is 552 g/mol. The Labute approximate surface area is 270 Å². The molecule has 0 fully saturated rings. The first-order chi connectivity index (χ1) is 21.5. The van der Waals surface area contributed by atoms with Crippen LogP contribution >= 0.6 is 0 Å². The van der Waals surface area contributed by atoms with Crippen molar-refractivity contribution >= 4 is 17.7 Å².